The molecule has 0 amide bonds. The van der Waals surface area contributed by atoms with Crippen molar-refractivity contribution in [1.29, 1.82) is 0 Å². The first kappa shape index (κ1) is 5.63. The number of aryl methyl sites for hydroxylation is 1. The van der Waals surface area contributed by atoms with E-state index in [1.807, 2.05) is 0 Å². The smallest absolute Gasteiger partial charge is 0.229 e. The highest BCUT2D eigenvalue weighted by molar-refractivity contribution is 6.29. The fourth-order valence-electron chi connectivity index (χ4n) is 0.455. The van der Waals surface area contributed by atoms with E-state index in [0.717, 1.165) is 0 Å². The summed E-state index contributed by atoms with van der Waals surface area (Å²) in [4.78, 5) is 0. The van der Waals surface area contributed by atoms with Gasteiger partial charge >= 0.3 is 0 Å². The molecule has 0 unspecified atom stereocenters. The normalized spacial score (nSPS) is 9.88. The van der Waals surface area contributed by atoms with E-state index in [9.17, 15) is 4.39 Å². The SMILES string of the molecule is Cc1cc(F)c(Cl)o1. The predicted octanol–water partition coefficient (Wildman–Crippen LogP) is 2.38. The minimum absolute atomic E-state index is 0.164. The van der Waals surface area contributed by atoms with Gasteiger partial charge in [0.2, 0.25) is 5.22 Å². The Labute approximate surface area is 51.1 Å². The van der Waals surface area contributed by atoms with Crippen molar-refractivity contribution in [3.8, 4) is 0 Å². The van der Waals surface area contributed by atoms with Crippen LogP contribution >= 0.6 is 11.6 Å². The van der Waals surface area contributed by atoms with Gasteiger partial charge in [0.05, 0.1) is 0 Å². The molecule has 0 aliphatic carbocycles. The minimum Gasteiger partial charge on any atom is -0.447 e. The van der Waals surface area contributed by atoms with Crippen LogP contribution < -0.4 is 0 Å². The van der Waals surface area contributed by atoms with Crippen LogP contribution in [-0.2, 0) is 0 Å². The van der Waals surface area contributed by atoms with E-state index in [1.165, 1.54) is 6.07 Å². The van der Waals surface area contributed by atoms with Crippen molar-refractivity contribution in [3.05, 3.63) is 22.9 Å². The van der Waals surface area contributed by atoms with Gasteiger partial charge in [0.1, 0.15) is 5.76 Å². The molecule has 8 heavy (non-hydrogen) atoms. The van der Waals surface area contributed by atoms with E-state index in [-0.39, 0.29) is 5.22 Å². The van der Waals surface area contributed by atoms with Crippen LogP contribution in [0.25, 0.3) is 0 Å². The van der Waals surface area contributed by atoms with Crippen molar-refractivity contribution < 1.29 is 8.81 Å². The zero-order valence-corrected chi connectivity index (χ0v) is 5.00. The second kappa shape index (κ2) is 1.78. The lowest BCUT2D eigenvalue weighted by atomic mass is 10.5. The van der Waals surface area contributed by atoms with Gasteiger partial charge in [-0.3, -0.25) is 0 Å². The Hall–Kier alpha value is -0.500. The van der Waals surface area contributed by atoms with Gasteiger partial charge in [0, 0.05) is 6.07 Å². The Bertz CT molecular complexity index is 175. The maximum atomic E-state index is 12.1. The third kappa shape index (κ3) is 0.842. The van der Waals surface area contributed by atoms with Gasteiger partial charge in [0.15, 0.2) is 5.82 Å². The molecule has 0 spiro atoms. The van der Waals surface area contributed by atoms with Crippen LogP contribution in [0.4, 0.5) is 4.39 Å². The molecule has 1 heterocycles. The molecular weight excluding hydrogens is 131 g/mol. The molecule has 3 heteroatoms. The Kier molecular flexibility index (Phi) is 1.26. The summed E-state index contributed by atoms with van der Waals surface area (Å²) in [6, 6.07) is 1.24. The molecule has 44 valence electrons. The van der Waals surface area contributed by atoms with Crippen molar-refractivity contribution in [2.75, 3.05) is 0 Å². The monoisotopic (exact) mass is 134 g/mol. The molecule has 0 saturated carbocycles. The summed E-state index contributed by atoms with van der Waals surface area (Å²) in [6.45, 7) is 1.63. The molecule has 1 aromatic heterocycles. The number of hydrogen-bond donors (Lipinski definition) is 0. The highest BCUT2D eigenvalue weighted by Crippen LogP contribution is 2.17. The summed E-state index contributed by atoms with van der Waals surface area (Å²) in [5.41, 5.74) is 0. The number of rotatable bonds is 0. The van der Waals surface area contributed by atoms with Gasteiger partial charge in [0.25, 0.3) is 0 Å². The molecule has 0 radical (unpaired) electrons. The zero-order valence-electron chi connectivity index (χ0n) is 4.24. The molecule has 1 aromatic rings. The molecule has 1 rings (SSSR count). The molecule has 0 fully saturated rings. The van der Waals surface area contributed by atoms with E-state index >= 15 is 0 Å². The fourth-order valence-corrected chi connectivity index (χ4v) is 0.631. The van der Waals surface area contributed by atoms with Gasteiger partial charge in [-0.2, -0.15) is 0 Å². The predicted molar refractivity (Wildman–Crippen MR) is 28.4 cm³/mol. The summed E-state index contributed by atoms with van der Waals surface area (Å²) in [5, 5.41) is -0.164. The standard InChI is InChI=1S/C5H4ClFO/c1-3-2-4(7)5(6)8-3/h2H,1H3. The lowest BCUT2D eigenvalue weighted by Gasteiger charge is -1.74. The summed E-state index contributed by atoms with van der Waals surface area (Å²) in [7, 11) is 0. The van der Waals surface area contributed by atoms with Gasteiger partial charge in [-0.25, -0.2) is 4.39 Å². The second-order valence-electron chi connectivity index (χ2n) is 1.48. The molecule has 0 aliphatic heterocycles. The number of halogens is 2. The zero-order chi connectivity index (χ0) is 6.15. The molecule has 0 aromatic carbocycles. The fraction of sp³-hybridized carbons (Fsp3) is 0.200. The van der Waals surface area contributed by atoms with Crippen LogP contribution in [0.3, 0.4) is 0 Å². The minimum atomic E-state index is -0.496. The van der Waals surface area contributed by atoms with E-state index < -0.39 is 5.82 Å². The van der Waals surface area contributed by atoms with Gasteiger partial charge in [-0.1, -0.05) is 0 Å². The molecule has 0 bridgehead atoms. The molecule has 0 atom stereocenters. The van der Waals surface area contributed by atoms with Crippen LogP contribution in [0, 0.1) is 12.7 Å². The first-order valence-electron chi connectivity index (χ1n) is 2.11. The van der Waals surface area contributed by atoms with Crippen molar-refractivity contribution in [1.82, 2.24) is 0 Å². The topological polar surface area (TPSA) is 13.1 Å². The van der Waals surface area contributed by atoms with Crippen LogP contribution in [0.5, 0.6) is 0 Å². The van der Waals surface area contributed by atoms with Crippen molar-refractivity contribution >= 4 is 11.6 Å². The Morgan fingerprint density at radius 3 is 2.50 bits per heavy atom. The van der Waals surface area contributed by atoms with Crippen LogP contribution in [0.2, 0.25) is 5.22 Å². The molecular formula is C5H4ClFO. The number of furan rings is 1. The van der Waals surface area contributed by atoms with Crippen LogP contribution in [0.15, 0.2) is 10.5 Å². The molecule has 0 aliphatic rings. The van der Waals surface area contributed by atoms with Crippen LogP contribution in [0.1, 0.15) is 5.76 Å². The maximum absolute atomic E-state index is 12.1. The lowest BCUT2D eigenvalue weighted by molar-refractivity contribution is 0.513. The Morgan fingerprint density at radius 1 is 1.75 bits per heavy atom. The summed E-state index contributed by atoms with van der Waals surface area (Å²) >= 11 is 5.19. The summed E-state index contributed by atoms with van der Waals surface area (Å²) in [5.74, 6) is -0.00309. The van der Waals surface area contributed by atoms with Gasteiger partial charge in [-0.05, 0) is 18.5 Å². The quantitative estimate of drug-likeness (QED) is 0.531. The molecule has 0 saturated heterocycles. The largest absolute Gasteiger partial charge is 0.447 e. The van der Waals surface area contributed by atoms with Crippen molar-refractivity contribution in [2.45, 2.75) is 6.92 Å². The third-order valence-corrected chi connectivity index (χ3v) is 1.03. The highest BCUT2D eigenvalue weighted by Gasteiger charge is 2.02. The average molecular weight is 135 g/mol. The maximum Gasteiger partial charge on any atom is 0.229 e. The lowest BCUT2D eigenvalue weighted by Crippen LogP contribution is -1.58. The van der Waals surface area contributed by atoms with Crippen molar-refractivity contribution in [2.24, 2.45) is 0 Å². The number of hydrogen-bond acceptors (Lipinski definition) is 1. The molecule has 0 N–H and O–H groups in total. The summed E-state index contributed by atoms with van der Waals surface area (Å²) in [6.07, 6.45) is 0. The molecule has 1 nitrogen and oxygen atoms in total. The van der Waals surface area contributed by atoms with E-state index in [0.29, 0.717) is 5.76 Å². The average Bonchev–Trinajstić information content (AvgIpc) is 1.85. The van der Waals surface area contributed by atoms with E-state index in [4.69, 9.17) is 11.6 Å². The third-order valence-electron chi connectivity index (χ3n) is 0.768. The van der Waals surface area contributed by atoms with Gasteiger partial charge in [-0.15, -0.1) is 0 Å². The first-order chi connectivity index (χ1) is 3.70. The second-order valence-corrected chi connectivity index (χ2v) is 1.82. The Morgan fingerprint density at radius 2 is 2.38 bits per heavy atom. The summed E-state index contributed by atoms with van der Waals surface area (Å²) < 4.78 is 16.7. The van der Waals surface area contributed by atoms with Crippen LogP contribution in [-0.4, -0.2) is 0 Å². The van der Waals surface area contributed by atoms with E-state index in [2.05, 4.69) is 4.42 Å². The highest BCUT2D eigenvalue weighted by atomic mass is 35.5. The van der Waals surface area contributed by atoms with E-state index in [1.54, 1.807) is 6.92 Å². The first-order valence-corrected chi connectivity index (χ1v) is 2.49. The Balaban J connectivity index is 3.14. The van der Waals surface area contributed by atoms with Crippen molar-refractivity contribution in [3.63, 3.8) is 0 Å². The van der Waals surface area contributed by atoms with Gasteiger partial charge < -0.3 is 4.42 Å².